The average Bonchev–Trinajstić information content (AvgIpc) is 2.82. The molecule has 0 radical (unpaired) electrons. The van der Waals surface area contributed by atoms with Gasteiger partial charge in [0.1, 0.15) is 22.3 Å². The van der Waals surface area contributed by atoms with Crippen molar-refractivity contribution in [2.45, 2.75) is 40.9 Å². The second-order valence-electron chi connectivity index (χ2n) is 7.66. The first-order valence-electron chi connectivity index (χ1n) is 10.7. The SMILES string of the molecule is CCCCc1ccc(N2c3ccccc3[S+](c3ccccc3)c3ccccc32)cc1. The van der Waals surface area contributed by atoms with Crippen molar-refractivity contribution in [3.8, 4) is 0 Å². The summed E-state index contributed by atoms with van der Waals surface area (Å²) in [5.41, 5.74) is 5.21. The van der Waals surface area contributed by atoms with Crippen molar-refractivity contribution in [2.75, 3.05) is 4.90 Å². The van der Waals surface area contributed by atoms with Crippen molar-refractivity contribution < 1.29 is 0 Å². The molecule has 4 aromatic carbocycles. The lowest BCUT2D eigenvalue weighted by Crippen LogP contribution is -2.22. The number of hydrogen-bond acceptors (Lipinski definition) is 1. The van der Waals surface area contributed by atoms with E-state index in [1.165, 1.54) is 50.2 Å². The first kappa shape index (κ1) is 19.0. The summed E-state index contributed by atoms with van der Waals surface area (Å²) in [5, 5.41) is 0. The predicted octanol–water partition coefficient (Wildman–Crippen LogP) is 7.91. The summed E-state index contributed by atoms with van der Waals surface area (Å²) in [5.74, 6) is 0. The molecule has 5 rings (SSSR count). The van der Waals surface area contributed by atoms with Gasteiger partial charge in [-0.05, 0) is 66.9 Å². The van der Waals surface area contributed by atoms with Crippen LogP contribution < -0.4 is 4.90 Å². The predicted molar refractivity (Wildman–Crippen MR) is 128 cm³/mol. The van der Waals surface area contributed by atoms with E-state index >= 15 is 0 Å². The molecule has 0 aromatic heterocycles. The van der Waals surface area contributed by atoms with Gasteiger partial charge in [-0.15, -0.1) is 0 Å². The van der Waals surface area contributed by atoms with E-state index < -0.39 is 0 Å². The Kier molecular flexibility index (Phi) is 5.33. The molecule has 0 saturated heterocycles. The topological polar surface area (TPSA) is 3.24 Å². The zero-order valence-electron chi connectivity index (χ0n) is 17.3. The summed E-state index contributed by atoms with van der Waals surface area (Å²) in [4.78, 5) is 6.57. The van der Waals surface area contributed by atoms with Crippen molar-refractivity contribution in [2.24, 2.45) is 0 Å². The number of benzene rings is 4. The fourth-order valence-corrected chi connectivity index (χ4v) is 6.50. The monoisotopic (exact) mass is 408 g/mol. The van der Waals surface area contributed by atoms with E-state index in [2.05, 4.69) is 115 Å². The molecule has 0 aliphatic carbocycles. The van der Waals surface area contributed by atoms with Gasteiger partial charge in [0.15, 0.2) is 14.7 Å². The van der Waals surface area contributed by atoms with Gasteiger partial charge in [-0.1, -0.05) is 67.9 Å². The molecule has 148 valence electrons. The average molecular weight is 409 g/mol. The molecule has 4 aromatic rings. The maximum absolute atomic E-state index is 2.43. The highest BCUT2D eigenvalue weighted by Gasteiger charge is 2.41. The highest BCUT2D eigenvalue weighted by Crippen LogP contribution is 2.50. The summed E-state index contributed by atoms with van der Waals surface area (Å²) in [6.45, 7) is 2.25. The Labute approximate surface area is 182 Å². The van der Waals surface area contributed by atoms with Gasteiger partial charge in [0.2, 0.25) is 0 Å². The Morgan fingerprint density at radius 1 is 0.633 bits per heavy atom. The van der Waals surface area contributed by atoms with Gasteiger partial charge < -0.3 is 4.90 Å². The number of fused-ring (bicyclic) bond motifs is 2. The normalized spacial score (nSPS) is 13.0. The van der Waals surface area contributed by atoms with Gasteiger partial charge in [-0.25, -0.2) is 0 Å². The lowest BCUT2D eigenvalue weighted by atomic mass is 10.1. The Bertz CT molecular complexity index is 1090. The van der Waals surface area contributed by atoms with Gasteiger partial charge in [0.25, 0.3) is 0 Å². The van der Waals surface area contributed by atoms with Gasteiger partial charge in [0.05, 0.1) is 0 Å². The van der Waals surface area contributed by atoms with Crippen LogP contribution in [0.3, 0.4) is 0 Å². The van der Waals surface area contributed by atoms with Crippen LogP contribution >= 0.6 is 0 Å². The van der Waals surface area contributed by atoms with Crippen LogP contribution in [-0.4, -0.2) is 0 Å². The molecule has 30 heavy (non-hydrogen) atoms. The maximum Gasteiger partial charge on any atom is 0.190 e. The van der Waals surface area contributed by atoms with E-state index in [9.17, 15) is 0 Å². The number of para-hydroxylation sites is 2. The second kappa shape index (κ2) is 8.41. The smallest absolute Gasteiger partial charge is 0.190 e. The first-order valence-corrected chi connectivity index (χ1v) is 12.0. The maximum atomic E-state index is 2.43. The van der Waals surface area contributed by atoms with Crippen molar-refractivity contribution in [1.82, 2.24) is 0 Å². The summed E-state index contributed by atoms with van der Waals surface area (Å²) < 4.78 is 0. The Balaban J connectivity index is 1.65. The molecule has 0 unspecified atom stereocenters. The van der Waals surface area contributed by atoms with E-state index in [1.54, 1.807) is 0 Å². The summed E-state index contributed by atoms with van der Waals surface area (Å²) in [6.07, 6.45) is 3.63. The molecule has 0 N–H and O–H groups in total. The minimum Gasteiger partial charge on any atom is -0.301 e. The summed E-state index contributed by atoms with van der Waals surface area (Å²) >= 11 is 0. The van der Waals surface area contributed by atoms with Crippen LogP contribution in [0, 0.1) is 0 Å². The van der Waals surface area contributed by atoms with Crippen LogP contribution in [0.25, 0.3) is 0 Å². The molecule has 1 aliphatic rings. The highest BCUT2D eigenvalue weighted by molar-refractivity contribution is 7.97. The van der Waals surface area contributed by atoms with E-state index in [4.69, 9.17) is 0 Å². The molecule has 1 aliphatic heterocycles. The molecule has 0 atom stereocenters. The molecule has 0 bridgehead atoms. The Hall–Kier alpha value is -2.97. The van der Waals surface area contributed by atoms with Crippen molar-refractivity contribution >= 4 is 28.0 Å². The fourth-order valence-electron chi connectivity index (χ4n) is 4.16. The van der Waals surface area contributed by atoms with Crippen LogP contribution in [0.2, 0.25) is 0 Å². The van der Waals surface area contributed by atoms with E-state index in [-0.39, 0.29) is 10.9 Å². The number of rotatable bonds is 5. The van der Waals surface area contributed by atoms with Crippen molar-refractivity contribution in [3.63, 3.8) is 0 Å². The van der Waals surface area contributed by atoms with Crippen LogP contribution in [0.5, 0.6) is 0 Å². The van der Waals surface area contributed by atoms with Gasteiger partial charge in [-0.2, -0.15) is 0 Å². The molecular formula is C28H26NS+. The molecule has 0 spiro atoms. The number of nitrogens with zero attached hydrogens (tertiary/aromatic N) is 1. The number of unbranched alkanes of at least 4 members (excludes halogenated alkanes) is 1. The minimum absolute atomic E-state index is 0.103. The van der Waals surface area contributed by atoms with Gasteiger partial charge >= 0.3 is 0 Å². The van der Waals surface area contributed by atoms with Crippen LogP contribution in [-0.2, 0) is 17.3 Å². The Morgan fingerprint density at radius 3 is 1.80 bits per heavy atom. The summed E-state index contributed by atoms with van der Waals surface area (Å²) in [7, 11) is -0.103. The molecule has 0 fully saturated rings. The number of hydrogen-bond donors (Lipinski definition) is 0. The Morgan fingerprint density at radius 2 is 1.20 bits per heavy atom. The molecule has 2 heteroatoms. The third kappa shape index (κ3) is 3.42. The van der Waals surface area contributed by atoms with Crippen molar-refractivity contribution in [1.29, 1.82) is 0 Å². The second-order valence-corrected chi connectivity index (χ2v) is 9.62. The van der Waals surface area contributed by atoms with E-state index in [0.29, 0.717) is 0 Å². The number of anilines is 3. The van der Waals surface area contributed by atoms with Gasteiger partial charge in [-0.3, -0.25) is 0 Å². The van der Waals surface area contributed by atoms with E-state index in [1.807, 2.05) is 0 Å². The lowest BCUT2D eigenvalue weighted by molar-refractivity contribution is 0.795. The minimum atomic E-state index is -0.103. The molecule has 1 heterocycles. The third-order valence-corrected chi connectivity index (χ3v) is 7.96. The van der Waals surface area contributed by atoms with Crippen molar-refractivity contribution in [3.05, 3.63) is 109 Å². The quantitative estimate of drug-likeness (QED) is 0.267. The van der Waals surface area contributed by atoms with Gasteiger partial charge in [0, 0.05) is 5.69 Å². The van der Waals surface area contributed by atoms with Crippen LogP contribution in [0.4, 0.5) is 17.1 Å². The molecule has 1 nitrogen and oxygen atoms in total. The highest BCUT2D eigenvalue weighted by atomic mass is 32.2. The number of aryl methyl sites for hydroxylation is 1. The first-order chi connectivity index (χ1) is 14.9. The van der Waals surface area contributed by atoms with E-state index in [0.717, 1.165) is 6.42 Å². The summed E-state index contributed by atoms with van der Waals surface area (Å²) in [6, 6.07) is 37.8. The molecule has 0 saturated carbocycles. The van der Waals surface area contributed by atoms with Crippen LogP contribution in [0.1, 0.15) is 25.3 Å². The molecule has 0 amide bonds. The largest absolute Gasteiger partial charge is 0.301 e. The third-order valence-electron chi connectivity index (χ3n) is 5.64. The zero-order chi connectivity index (χ0) is 20.3. The fraction of sp³-hybridized carbons (Fsp3) is 0.143. The standard InChI is InChI=1S/C28H26NS/c1-2-3-11-22-18-20-23(21-19-22)29-25-14-7-9-16-27(25)30(24-12-5-4-6-13-24)28-17-10-8-15-26(28)29/h4-10,12-21H,2-3,11H2,1H3/q+1. The zero-order valence-corrected chi connectivity index (χ0v) is 18.1. The molecular weight excluding hydrogens is 382 g/mol. The lowest BCUT2D eigenvalue weighted by Gasteiger charge is -2.31. The van der Waals surface area contributed by atoms with Crippen LogP contribution in [0.15, 0.2) is 118 Å².